The van der Waals surface area contributed by atoms with Crippen molar-refractivity contribution in [2.24, 2.45) is 4.99 Å². The molecule has 2 aromatic heterocycles. The van der Waals surface area contributed by atoms with Gasteiger partial charge in [-0.05, 0) is 25.2 Å². The van der Waals surface area contributed by atoms with E-state index in [0.717, 1.165) is 10.6 Å². The van der Waals surface area contributed by atoms with E-state index >= 15 is 0 Å². The number of allylic oxidation sites excluding steroid dienone is 5. The molecule has 10 heteroatoms. The molecular weight excluding hydrogens is 414 g/mol. The second kappa shape index (κ2) is 7.62. The van der Waals surface area contributed by atoms with E-state index in [9.17, 15) is 18.4 Å². The molecule has 0 N–H and O–H groups in total. The number of aryl methyl sites for hydroxylation is 1. The molecule has 0 saturated carbocycles. The Hall–Kier alpha value is -2.89. The van der Waals surface area contributed by atoms with Crippen LogP contribution in [0.15, 0.2) is 46.4 Å². The lowest BCUT2D eigenvalue weighted by Gasteiger charge is -2.12. The van der Waals surface area contributed by atoms with Crippen LogP contribution in [0.25, 0.3) is 11.7 Å². The first kappa shape index (κ1) is 19.9. The van der Waals surface area contributed by atoms with Gasteiger partial charge in [-0.3, -0.25) is 4.99 Å². The van der Waals surface area contributed by atoms with E-state index in [0.29, 0.717) is 22.5 Å². The summed E-state index contributed by atoms with van der Waals surface area (Å²) in [5, 5.41) is 12.7. The number of halogens is 5. The van der Waals surface area contributed by atoms with Gasteiger partial charge in [-0.1, -0.05) is 29.8 Å². The van der Waals surface area contributed by atoms with Gasteiger partial charge < -0.3 is 0 Å². The summed E-state index contributed by atoms with van der Waals surface area (Å²) >= 11 is 12.1. The zero-order chi connectivity index (χ0) is 20.6. The van der Waals surface area contributed by atoms with E-state index < -0.39 is 17.9 Å². The lowest BCUT2D eigenvalue weighted by Crippen LogP contribution is -2.05. The topological polar surface area (TPSA) is 66.3 Å². The summed E-state index contributed by atoms with van der Waals surface area (Å²) in [6, 6.07) is 1.68. The van der Waals surface area contributed by atoms with Gasteiger partial charge in [0, 0.05) is 17.3 Å². The van der Waals surface area contributed by atoms with E-state index in [1.165, 1.54) is 18.4 Å². The van der Waals surface area contributed by atoms with Crippen LogP contribution >= 0.6 is 23.2 Å². The number of aliphatic imine (C=N–C) groups is 1. The predicted molar refractivity (Wildman–Crippen MR) is 101 cm³/mol. The van der Waals surface area contributed by atoms with Crippen molar-refractivity contribution in [2.75, 3.05) is 0 Å². The predicted octanol–water partition coefficient (Wildman–Crippen LogP) is 5.46. The van der Waals surface area contributed by atoms with Gasteiger partial charge in [0.25, 0.3) is 6.43 Å². The molecule has 2 aromatic rings. The van der Waals surface area contributed by atoms with Crippen molar-refractivity contribution >= 4 is 40.6 Å². The highest BCUT2D eigenvalue weighted by molar-refractivity contribution is 6.36. The van der Waals surface area contributed by atoms with Crippen LogP contribution in [0, 0.1) is 18.3 Å². The number of rotatable bonds is 3. The molecule has 0 radical (unpaired) electrons. The average Bonchev–Trinajstić information content (AvgIpc) is 3.01. The highest BCUT2D eigenvalue weighted by Gasteiger charge is 2.25. The van der Waals surface area contributed by atoms with Gasteiger partial charge in [0.2, 0.25) is 0 Å². The van der Waals surface area contributed by atoms with Crippen molar-refractivity contribution in [3.05, 3.63) is 69.0 Å². The molecular formula is C18H10Cl2F3N5. The minimum atomic E-state index is -2.97. The van der Waals surface area contributed by atoms with Crippen LogP contribution in [0.4, 0.5) is 13.2 Å². The third kappa shape index (κ3) is 3.35. The maximum atomic E-state index is 13.9. The zero-order valence-electron chi connectivity index (χ0n) is 14.2. The molecule has 2 heterocycles. The quantitative estimate of drug-likeness (QED) is 0.615. The molecule has 0 aliphatic heterocycles. The molecule has 28 heavy (non-hydrogen) atoms. The molecule has 0 saturated heterocycles. The maximum absolute atomic E-state index is 13.9. The number of nitriles is 1. The molecule has 3 rings (SSSR count). The summed E-state index contributed by atoms with van der Waals surface area (Å²) < 4.78 is 41.2. The van der Waals surface area contributed by atoms with Crippen molar-refractivity contribution < 1.29 is 13.2 Å². The van der Waals surface area contributed by atoms with Crippen molar-refractivity contribution in [3.63, 3.8) is 0 Å². The van der Waals surface area contributed by atoms with Gasteiger partial charge in [0.1, 0.15) is 28.3 Å². The molecule has 0 amide bonds. The van der Waals surface area contributed by atoms with Crippen LogP contribution in [-0.2, 0) is 0 Å². The van der Waals surface area contributed by atoms with E-state index in [1.807, 2.05) is 0 Å². The average molecular weight is 424 g/mol. The standard InChI is InChI=1S/C18H10Cl2F3N5/c1-3-25-14-6-12(19)13(21)5-9(14)4-10-8(2)26-18-11(7-24)15(17(22)23)27-28(18)16(10)20/h3-6,17H,1H2,2H3/b9-4+,25-14?. The second-order valence-electron chi connectivity index (χ2n) is 5.59. The Morgan fingerprint density at radius 3 is 2.68 bits per heavy atom. The molecule has 0 aromatic carbocycles. The van der Waals surface area contributed by atoms with Crippen molar-refractivity contribution in [3.8, 4) is 6.07 Å². The van der Waals surface area contributed by atoms with Crippen LogP contribution in [0.1, 0.15) is 28.9 Å². The third-order valence-corrected chi connectivity index (χ3v) is 4.53. The number of fused-ring (bicyclic) bond motifs is 1. The summed E-state index contributed by atoms with van der Waals surface area (Å²) in [7, 11) is 0. The number of aromatic nitrogens is 3. The molecule has 1 aliphatic carbocycles. The fourth-order valence-corrected chi connectivity index (χ4v) is 3.07. The van der Waals surface area contributed by atoms with Crippen molar-refractivity contribution in [1.82, 2.24) is 14.6 Å². The Labute approximate surface area is 167 Å². The van der Waals surface area contributed by atoms with E-state index in [2.05, 4.69) is 21.7 Å². The van der Waals surface area contributed by atoms with Crippen LogP contribution in [0.3, 0.4) is 0 Å². The fourth-order valence-electron chi connectivity index (χ4n) is 2.61. The van der Waals surface area contributed by atoms with E-state index in [-0.39, 0.29) is 21.4 Å². The smallest absolute Gasteiger partial charge is 0.257 e. The van der Waals surface area contributed by atoms with Gasteiger partial charge in [0.15, 0.2) is 5.65 Å². The normalized spacial score (nSPS) is 17.2. The molecule has 1 aliphatic rings. The summed E-state index contributed by atoms with van der Waals surface area (Å²) in [5.41, 5.74) is 0.104. The summed E-state index contributed by atoms with van der Waals surface area (Å²) in [4.78, 5) is 8.21. The highest BCUT2D eigenvalue weighted by Crippen LogP contribution is 2.31. The van der Waals surface area contributed by atoms with E-state index in [4.69, 9.17) is 23.2 Å². The number of hydrogen-bond acceptors (Lipinski definition) is 4. The highest BCUT2D eigenvalue weighted by atomic mass is 35.5. The lowest BCUT2D eigenvalue weighted by molar-refractivity contribution is 0.145. The minimum Gasteiger partial charge on any atom is -0.257 e. The lowest BCUT2D eigenvalue weighted by atomic mass is 10.0. The second-order valence-corrected chi connectivity index (χ2v) is 6.36. The molecule has 0 bridgehead atoms. The Morgan fingerprint density at radius 2 is 2.07 bits per heavy atom. The fraction of sp³-hybridized carbons (Fsp3) is 0.111. The minimum absolute atomic E-state index is 0.0641. The largest absolute Gasteiger partial charge is 0.283 e. The zero-order valence-corrected chi connectivity index (χ0v) is 15.7. The molecule has 5 nitrogen and oxygen atoms in total. The van der Waals surface area contributed by atoms with Crippen molar-refractivity contribution in [1.29, 1.82) is 5.26 Å². The molecule has 0 unspecified atom stereocenters. The molecule has 0 spiro atoms. The SMILES string of the molecule is C=CN=C1C=C(Cl)C(F)=C/C1=C\c1c(C)nc2c(C#N)c(C(F)F)nn2c1Cl. The van der Waals surface area contributed by atoms with Gasteiger partial charge in [-0.25, -0.2) is 22.7 Å². The first-order valence-corrected chi connectivity index (χ1v) is 8.46. The molecule has 142 valence electrons. The first-order chi connectivity index (χ1) is 13.3. The maximum Gasteiger partial charge on any atom is 0.283 e. The van der Waals surface area contributed by atoms with Gasteiger partial charge in [-0.15, -0.1) is 0 Å². The van der Waals surface area contributed by atoms with E-state index in [1.54, 1.807) is 13.0 Å². The summed E-state index contributed by atoms with van der Waals surface area (Å²) in [6.07, 6.45) is 2.23. The monoisotopic (exact) mass is 423 g/mol. The number of alkyl halides is 2. The molecule has 0 fully saturated rings. The molecule has 0 atom stereocenters. The van der Waals surface area contributed by atoms with Crippen LogP contribution in [-0.4, -0.2) is 20.3 Å². The third-order valence-electron chi connectivity index (χ3n) is 3.88. The van der Waals surface area contributed by atoms with Gasteiger partial charge in [-0.2, -0.15) is 10.4 Å². The Morgan fingerprint density at radius 1 is 1.36 bits per heavy atom. The van der Waals surface area contributed by atoms with Crippen LogP contribution in [0.5, 0.6) is 0 Å². The Kier molecular flexibility index (Phi) is 5.40. The summed E-state index contributed by atoms with van der Waals surface area (Å²) in [5.74, 6) is -0.676. The van der Waals surface area contributed by atoms with Crippen LogP contribution in [0.2, 0.25) is 5.15 Å². The Balaban J connectivity index is 2.27. The summed E-state index contributed by atoms with van der Waals surface area (Å²) in [6.45, 7) is 5.07. The first-order valence-electron chi connectivity index (χ1n) is 7.71. The van der Waals surface area contributed by atoms with Gasteiger partial charge >= 0.3 is 0 Å². The van der Waals surface area contributed by atoms with Crippen molar-refractivity contribution in [2.45, 2.75) is 13.3 Å². The number of nitrogens with zero attached hydrogens (tertiary/aromatic N) is 5. The Bertz CT molecular complexity index is 1170. The number of hydrogen-bond donors (Lipinski definition) is 0. The van der Waals surface area contributed by atoms with Gasteiger partial charge in [0.05, 0.1) is 16.4 Å². The van der Waals surface area contributed by atoms with Crippen LogP contribution < -0.4 is 0 Å².